The monoisotopic (exact) mass is 252 g/mol. The van der Waals surface area contributed by atoms with Crippen molar-refractivity contribution in [3.63, 3.8) is 0 Å². The Labute approximate surface area is 81.4 Å². The van der Waals surface area contributed by atoms with Crippen LogP contribution in [0.5, 0.6) is 5.75 Å². The van der Waals surface area contributed by atoms with Gasteiger partial charge in [-0.3, -0.25) is 0 Å². The molecule has 0 aliphatic carbocycles. The third kappa shape index (κ3) is 2.46. The van der Waals surface area contributed by atoms with Crippen LogP contribution in [-0.2, 0) is 0 Å². The Kier molecular flexibility index (Phi) is 3.05. The highest BCUT2D eigenvalue weighted by atomic mass is 79.9. The fraction of sp³-hybridized carbons (Fsp3) is 0. The molecule has 0 spiro atoms. The Morgan fingerprint density at radius 1 is 1.58 bits per heavy atom. The van der Waals surface area contributed by atoms with Gasteiger partial charge >= 0.3 is 5.43 Å². The quantitative estimate of drug-likeness (QED) is 0.718. The summed E-state index contributed by atoms with van der Waals surface area (Å²) in [6.45, 7) is 0. The molecule has 0 saturated carbocycles. The van der Waals surface area contributed by atoms with E-state index in [9.17, 15) is 9.18 Å². The highest BCUT2D eigenvalue weighted by Gasteiger charge is 2.05. The highest BCUT2D eigenvalue weighted by Crippen LogP contribution is 2.25. The Bertz CT molecular complexity index is 316. The van der Waals surface area contributed by atoms with Crippen LogP contribution < -0.4 is 4.74 Å². The Morgan fingerprint density at radius 2 is 2.25 bits per heavy atom. The van der Waals surface area contributed by atoms with E-state index >= 15 is 0 Å². The van der Waals surface area contributed by atoms with E-state index in [1.54, 1.807) is 0 Å². The van der Waals surface area contributed by atoms with Gasteiger partial charge < -0.3 is 4.74 Å². The lowest BCUT2D eigenvalue weighted by atomic mass is 10.3. The van der Waals surface area contributed by atoms with Crippen molar-refractivity contribution in [2.24, 2.45) is 0 Å². The van der Waals surface area contributed by atoms with Crippen LogP contribution in [-0.4, -0.2) is 5.43 Å². The third-order valence-electron chi connectivity index (χ3n) is 1.08. The molecule has 0 aliphatic rings. The minimum Gasteiger partial charge on any atom is -0.413 e. The van der Waals surface area contributed by atoms with Crippen molar-refractivity contribution in [3.8, 4) is 5.75 Å². The lowest BCUT2D eigenvalue weighted by Crippen LogP contribution is -1.96. The van der Waals surface area contributed by atoms with Gasteiger partial charge in [0.15, 0.2) is 0 Å². The van der Waals surface area contributed by atoms with E-state index in [1.807, 2.05) is 0 Å². The molecule has 0 atom stereocenters. The second kappa shape index (κ2) is 3.87. The molecule has 12 heavy (non-hydrogen) atoms. The number of carbonyl (C=O) groups is 1. The van der Waals surface area contributed by atoms with Crippen molar-refractivity contribution in [2.45, 2.75) is 0 Å². The molecule has 1 aromatic rings. The fourth-order valence-corrected chi connectivity index (χ4v) is 1.16. The number of ether oxygens (including phenoxy) is 1. The lowest BCUT2D eigenvalue weighted by Gasteiger charge is -2.01. The standard InChI is InChI=1S/C7H3BrClFO2/c8-5-3-4(10)1-2-6(5)12-7(9)11/h1-3H. The molecule has 64 valence electrons. The predicted octanol–water partition coefficient (Wildman–Crippen LogP) is 3.33. The minimum absolute atomic E-state index is 0.191. The molecule has 1 aromatic carbocycles. The summed E-state index contributed by atoms with van der Waals surface area (Å²) in [5, 5.41) is 0. The van der Waals surface area contributed by atoms with E-state index in [4.69, 9.17) is 11.6 Å². The largest absolute Gasteiger partial charge is 0.413 e. The first-order chi connectivity index (χ1) is 5.59. The Hall–Kier alpha value is -0.610. The molecule has 5 heteroatoms. The SMILES string of the molecule is O=C(Cl)Oc1ccc(F)cc1Br. The first kappa shape index (κ1) is 9.48. The number of carbonyl (C=O) groups excluding carboxylic acids is 1. The predicted molar refractivity (Wildman–Crippen MR) is 46.0 cm³/mol. The van der Waals surface area contributed by atoms with Crippen LogP contribution in [0.3, 0.4) is 0 Å². The van der Waals surface area contributed by atoms with Crippen LogP contribution in [0.25, 0.3) is 0 Å². The molecule has 0 aromatic heterocycles. The summed E-state index contributed by atoms with van der Waals surface area (Å²) in [5.74, 6) is -0.229. The van der Waals surface area contributed by atoms with Gasteiger partial charge in [-0.25, -0.2) is 9.18 Å². The molecule has 0 bridgehead atoms. The molecule has 0 amide bonds. The topological polar surface area (TPSA) is 26.3 Å². The highest BCUT2D eigenvalue weighted by molar-refractivity contribution is 9.10. The second-order valence-corrected chi connectivity index (χ2v) is 3.08. The van der Waals surface area contributed by atoms with Gasteiger partial charge in [-0.05, 0) is 34.1 Å². The van der Waals surface area contributed by atoms with E-state index in [2.05, 4.69) is 20.7 Å². The average molecular weight is 253 g/mol. The zero-order valence-electron chi connectivity index (χ0n) is 5.68. The summed E-state index contributed by atoms with van der Waals surface area (Å²) in [7, 11) is 0. The van der Waals surface area contributed by atoms with Crippen molar-refractivity contribution < 1.29 is 13.9 Å². The average Bonchev–Trinajstić information content (AvgIpc) is 1.94. The smallest absolute Gasteiger partial charge is 0.409 e. The van der Waals surface area contributed by atoms with Crippen LogP contribution in [0.4, 0.5) is 9.18 Å². The lowest BCUT2D eigenvalue weighted by molar-refractivity contribution is 0.225. The van der Waals surface area contributed by atoms with Gasteiger partial charge in [0.05, 0.1) is 4.47 Å². The van der Waals surface area contributed by atoms with Crippen molar-refractivity contribution in [3.05, 3.63) is 28.5 Å². The molecule has 0 N–H and O–H groups in total. The summed E-state index contributed by atoms with van der Waals surface area (Å²) in [4.78, 5) is 10.3. The second-order valence-electron chi connectivity index (χ2n) is 1.91. The summed E-state index contributed by atoms with van der Waals surface area (Å²) in [5.41, 5.74) is -0.956. The zero-order chi connectivity index (χ0) is 9.14. The molecule has 0 radical (unpaired) electrons. The Morgan fingerprint density at radius 3 is 2.75 bits per heavy atom. The van der Waals surface area contributed by atoms with Crippen LogP contribution in [0.2, 0.25) is 0 Å². The van der Waals surface area contributed by atoms with Gasteiger partial charge in [0.2, 0.25) is 0 Å². The van der Waals surface area contributed by atoms with Crippen LogP contribution in [0.1, 0.15) is 0 Å². The van der Waals surface area contributed by atoms with Gasteiger partial charge in [0.1, 0.15) is 11.6 Å². The third-order valence-corrected chi connectivity index (χ3v) is 1.78. The molecule has 0 aliphatic heterocycles. The van der Waals surface area contributed by atoms with Crippen LogP contribution in [0, 0.1) is 5.82 Å². The molecule has 0 fully saturated rings. The van der Waals surface area contributed by atoms with Crippen molar-refractivity contribution >= 4 is 33.0 Å². The van der Waals surface area contributed by atoms with E-state index in [0.717, 1.165) is 0 Å². The van der Waals surface area contributed by atoms with E-state index in [1.165, 1.54) is 18.2 Å². The number of hydrogen-bond acceptors (Lipinski definition) is 2. The van der Waals surface area contributed by atoms with Crippen LogP contribution in [0.15, 0.2) is 22.7 Å². The fourth-order valence-electron chi connectivity index (χ4n) is 0.644. The van der Waals surface area contributed by atoms with Gasteiger partial charge in [0, 0.05) is 11.6 Å². The van der Waals surface area contributed by atoms with Crippen molar-refractivity contribution in [1.82, 2.24) is 0 Å². The van der Waals surface area contributed by atoms with E-state index in [-0.39, 0.29) is 5.75 Å². The maximum atomic E-state index is 12.5. The van der Waals surface area contributed by atoms with Crippen LogP contribution >= 0.6 is 27.5 Å². The van der Waals surface area contributed by atoms with E-state index < -0.39 is 11.2 Å². The van der Waals surface area contributed by atoms with Gasteiger partial charge in [-0.1, -0.05) is 0 Å². The molecule has 2 nitrogen and oxygen atoms in total. The summed E-state index contributed by atoms with van der Waals surface area (Å²) in [6, 6.07) is 3.65. The van der Waals surface area contributed by atoms with Crippen molar-refractivity contribution in [1.29, 1.82) is 0 Å². The summed E-state index contributed by atoms with van der Waals surface area (Å²) < 4.78 is 17.3. The maximum Gasteiger partial charge on any atom is 0.409 e. The van der Waals surface area contributed by atoms with Crippen molar-refractivity contribution in [2.75, 3.05) is 0 Å². The molecule has 0 unspecified atom stereocenters. The first-order valence-electron chi connectivity index (χ1n) is 2.92. The summed E-state index contributed by atoms with van der Waals surface area (Å²) in [6.07, 6.45) is 0. The molecular weight excluding hydrogens is 250 g/mol. The molecule has 0 saturated heterocycles. The van der Waals surface area contributed by atoms with Gasteiger partial charge in [0.25, 0.3) is 0 Å². The minimum atomic E-state index is -0.956. The Balaban J connectivity index is 2.93. The maximum absolute atomic E-state index is 12.5. The molecule has 1 rings (SSSR count). The number of halogens is 3. The molecular formula is C7H3BrClFO2. The number of rotatable bonds is 1. The first-order valence-corrected chi connectivity index (χ1v) is 4.09. The summed E-state index contributed by atoms with van der Waals surface area (Å²) >= 11 is 7.95. The molecule has 0 heterocycles. The number of hydrogen-bond donors (Lipinski definition) is 0. The normalized spacial score (nSPS) is 9.58. The van der Waals surface area contributed by atoms with Gasteiger partial charge in [-0.15, -0.1) is 0 Å². The number of benzene rings is 1. The van der Waals surface area contributed by atoms with E-state index in [0.29, 0.717) is 4.47 Å². The van der Waals surface area contributed by atoms with Gasteiger partial charge in [-0.2, -0.15) is 0 Å². The zero-order valence-corrected chi connectivity index (χ0v) is 8.02.